The summed E-state index contributed by atoms with van der Waals surface area (Å²) in [4.78, 5) is 31.4. The Morgan fingerprint density at radius 2 is 1.73 bits per heavy atom. The Labute approximate surface area is 257 Å². The molecule has 0 radical (unpaired) electrons. The van der Waals surface area contributed by atoms with Gasteiger partial charge in [0.05, 0.1) is 44.8 Å². The summed E-state index contributed by atoms with van der Waals surface area (Å²) in [7, 11) is 3.14. The summed E-state index contributed by atoms with van der Waals surface area (Å²) in [5.41, 5.74) is 4.74. The van der Waals surface area contributed by atoms with Gasteiger partial charge in [-0.25, -0.2) is 9.40 Å². The van der Waals surface area contributed by atoms with Gasteiger partial charge in [0.1, 0.15) is 12.4 Å². The lowest BCUT2D eigenvalue weighted by atomic mass is 9.96. The predicted molar refractivity (Wildman–Crippen MR) is 166 cm³/mol. The highest BCUT2D eigenvalue weighted by atomic mass is 19.1. The molecule has 1 saturated heterocycles. The summed E-state index contributed by atoms with van der Waals surface area (Å²) >= 11 is 0. The molecule has 3 aromatic carbocycles. The normalized spacial score (nSPS) is 16.9. The molecule has 0 N–H and O–H groups in total. The molecule has 3 aromatic rings. The van der Waals surface area contributed by atoms with Gasteiger partial charge in [0, 0.05) is 32.6 Å². The molecular formula is C34H39FN4O5. The second-order valence-electron chi connectivity index (χ2n) is 11.1. The quantitative estimate of drug-likeness (QED) is 0.337. The summed E-state index contributed by atoms with van der Waals surface area (Å²) in [6.45, 7) is 7.30. The lowest BCUT2D eigenvalue weighted by Gasteiger charge is -2.31. The first-order valence-electron chi connectivity index (χ1n) is 14.8. The van der Waals surface area contributed by atoms with Crippen LogP contribution in [0.3, 0.4) is 0 Å². The first-order chi connectivity index (χ1) is 21.3. The minimum absolute atomic E-state index is 0.0699. The third-order valence-electron chi connectivity index (χ3n) is 8.31. The first kappa shape index (κ1) is 31.2. The molecule has 2 aliphatic rings. The molecule has 9 nitrogen and oxygen atoms in total. The zero-order valence-electron chi connectivity index (χ0n) is 25.7. The molecule has 232 valence electrons. The number of morpholine rings is 1. The predicted octanol–water partition coefficient (Wildman–Crippen LogP) is 4.61. The van der Waals surface area contributed by atoms with Gasteiger partial charge in [-0.15, -0.1) is 0 Å². The summed E-state index contributed by atoms with van der Waals surface area (Å²) in [5.74, 6) is -0.410. The number of nitrogens with zero attached hydrogens (tertiary/aromatic N) is 4. The Morgan fingerprint density at radius 1 is 0.977 bits per heavy atom. The number of ether oxygens (including phenoxy) is 3. The maximum atomic E-state index is 14.7. The molecule has 0 aromatic heterocycles. The summed E-state index contributed by atoms with van der Waals surface area (Å²) in [5, 5.41) is 6.29. The molecule has 1 fully saturated rings. The Hall–Kier alpha value is -4.28. The van der Waals surface area contributed by atoms with E-state index < -0.39 is 17.8 Å². The fourth-order valence-corrected chi connectivity index (χ4v) is 5.54. The number of carbonyl (C=O) groups excluding carboxylic acids is 2. The summed E-state index contributed by atoms with van der Waals surface area (Å²) in [6, 6.07) is 17.1. The van der Waals surface area contributed by atoms with Crippen molar-refractivity contribution in [3.05, 3.63) is 94.3 Å². The van der Waals surface area contributed by atoms with E-state index in [0.29, 0.717) is 37.7 Å². The number of hydrazone groups is 1. The molecule has 2 amide bonds. The van der Waals surface area contributed by atoms with E-state index >= 15 is 0 Å². The number of rotatable bonds is 10. The Balaban J connectivity index is 1.46. The maximum Gasteiger partial charge on any atom is 0.262 e. The van der Waals surface area contributed by atoms with Gasteiger partial charge in [0.2, 0.25) is 0 Å². The van der Waals surface area contributed by atoms with Crippen molar-refractivity contribution in [2.75, 3.05) is 60.2 Å². The molecule has 10 heteroatoms. The molecule has 0 bridgehead atoms. The average Bonchev–Trinajstić information content (AvgIpc) is 3.50. The number of hydrogen-bond donors (Lipinski definition) is 0. The average molecular weight is 603 g/mol. The maximum absolute atomic E-state index is 14.7. The van der Waals surface area contributed by atoms with Crippen LogP contribution in [0.4, 0.5) is 4.39 Å². The van der Waals surface area contributed by atoms with E-state index in [9.17, 15) is 14.0 Å². The number of benzene rings is 3. The van der Waals surface area contributed by atoms with E-state index in [2.05, 4.69) is 17.9 Å². The van der Waals surface area contributed by atoms with Crippen molar-refractivity contribution < 1.29 is 28.2 Å². The van der Waals surface area contributed by atoms with Crippen LogP contribution in [0.25, 0.3) is 0 Å². The highest BCUT2D eigenvalue weighted by Crippen LogP contribution is 2.37. The first-order valence-corrected chi connectivity index (χ1v) is 14.8. The van der Waals surface area contributed by atoms with Gasteiger partial charge < -0.3 is 19.1 Å². The van der Waals surface area contributed by atoms with E-state index in [4.69, 9.17) is 19.3 Å². The highest BCUT2D eigenvalue weighted by molar-refractivity contribution is 6.04. The van der Waals surface area contributed by atoms with Crippen molar-refractivity contribution in [2.24, 2.45) is 5.10 Å². The van der Waals surface area contributed by atoms with Crippen molar-refractivity contribution in [2.45, 2.75) is 26.3 Å². The Morgan fingerprint density at radius 3 is 2.43 bits per heavy atom. The summed E-state index contributed by atoms with van der Waals surface area (Å²) < 4.78 is 31.2. The van der Waals surface area contributed by atoms with Crippen molar-refractivity contribution in [3.8, 4) is 11.5 Å². The standard InChI is InChI=1S/C34H39FN4O5/c1-23-9-10-25(19-24(23)2)29-21-30(26-11-12-31(42-3)32(20-26)43-4)39(36-29)33(40)22-38(14-13-37-15-17-44-18-16-37)34(41)27-7-5-6-8-28(27)35/h5-12,19-20,30H,13-18,21-22H2,1-4H3/t30-/m1/s1. The lowest BCUT2D eigenvalue weighted by molar-refractivity contribution is -0.133. The van der Waals surface area contributed by atoms with Crippen molar-refractivity contribution in [3.63, 3.8) is 0 Å². The molecule has 0 spiro atoms. The van der Waals surface area contributed by atoms with E-state index in [1.165, 1.54) is 33.7 Å². The van der Waals surface area contributed by atoms with Crippen LogP contribution in [0.5, 0.6) is 11.5 Å². The number of hydrogen-bond acceptors (Lipinski definition) is 7. The van der Waals surface area contributed by atoms with Crippen LogP contribution in [0, 0.1) is 19.7 Å². The molecule has 5 rings (SSSR count). The molecule has 0 saturated carbocycles. The molecule has 2 aliphatic heterocycles. The van der Waals surface area contributed by atoms with Gasteiger partial charge in [-0.3, -0.25) is 14.5 Å². The van der Waals surface area contributed by atoms with E-state index in [-0.39, 0.29) is 24.6 Å². The molecule has 1 atom stereocenters. The van der Waals surface area contributed by atoms with Crippen molar-refractivity contribution in [1.82, 2.24) is 14.8 Å². The molecule has 0 unspecified atom stereocenters. The van der Waals surface area contributed by atoms with E-state index in [1.54, 1.807) is 26.4 Å². The van der Waals surface area contributed by atoms with Gasteiger partial charge in [-0.2, -0.15) is 5.10 Å². The summed E-state index contributed by atoms with van der Waals surface area (Å²) in [6.07, 6.45) is 0.471. The fourth-order valence-electron chi connectivity index (χ4n) is 5.54. The number of amides is 2. The van der Waals surface area contributed by atoms with Gasteiger partial charge in [0.15, 0.2) is 11.5 Å². The van der Waals surface area contributed by atoms with Crippen LogP contribution < -0.4 is 9.47 Å². The molecule has 44 heavy (non-hydrogen) atoms. The van der Waals surface area contributed by atoms with Crippen LogP contribution in [-0.4, -0.2) is 92.5 Å². The third-order valence-corrected chi connectivity index (χ3v) is 8.31. The van der Waals surface area contributed by atoms with Crippen LogP contribution in [0.1, 0.15) is 45.1 Å². The zero-order chi connectivity index (χ0) is 31.2. The second kappa shape index (κ2) is 14.0. The highest BCUT2D eigenvalue weighted by Gasteiger charge is 2.35. The third kappa shape index (κ3) is 6.92. The van der Waals surface area contributed by atoms with Crippen LogP contribution in [-0.2, 0) is 9.53 Å². The molecule has 2 heterocycles. The van der Waals surface area contributed by atoms with Gasteiger partial charge in [-0.05, 0) is 66.4 Å². The van der Waals surface area contributed by atoms with Crippen LogP contribution in [0.15, 0.2) is 65.8 Å². The number of carbonyl (C=O) groups is 2. The van der Waals surface area contributed by atoms with Gasteiger partial charge in [0.25, 0.3) is 11.8 Å². The second-order valence-corrected chi connectivity index (χ2v) is 11.1. The number of methoxy groups -OCH3 is 2. The van der Waals surface area contributed by atoms with Gasteiger partial charge in [-0.1, -0.05) is 30.3 Å². The molecule has 0 aliphatic carbocycles. The van der Waals surface area contributed by atoms with Crippen LogP contribution in [0.2, 0.25) is 0 Å². The SMILES string of the molecule is COc1ccc([C@H]2CC(c3ccc(C)c(C)c3)=NN2C(=O)CN(CCN2CCOCC2)C(=O)c2ccccc2F)cc1OC. The monoisotopic (exact) mass is 602 g/mol. The number of aryl methyl sites for hydroxylation is 2. The number of halogens is 1. The smallest absolute Gasteiger partial charge is 0.262 e. The largest absolute Gasteiger partial charge is 0.493 e. The minimum atomic E-state index is -0.624. The minimum Gasteiger partial charge on any atom is -0.493 e. The van der Waals surface area contributed by atoms with Crippen molar-refractivity contribution in [1.29, 1.82) is 0 Å². The Kier molecular flexibility index (Phi) is 9.92. The fraction of sp³-hybridized carbons (Fsp3) is 0.382. The zero-order valence-corrected chi connectivity index (χ0v) is 25.7. The lowest BCUT2D eigenvalue weighted by Crippen LogP contribution is -2.46. The van der Waals surface area contributed by atoms with Crippen molar-refractivity contribution >= 4 is 17.5 Å². The molecular weight excluding hydrogens is 563 g/mol. The van der Waals surface area contributed by atoms with Crippen LogP contribution >= 0.6 is 0 Å². The topological polar surface area (TPSA) is 83.9 Å². The van der Waals surface area contributed by atoms with Gasteiger partial charge >= 0.3 is 0 Å². The van der Waals surface area contributed by atoms with E-state index in [0.717, 1.165) is 35.5 Å². The Bertz CT molecular complexity index is 1540. The van der Waals surface area contributed by atoms with E-state index in [1.807, 2.05) is 31.2 Å².